The summed E-state index contributed by atoms with van der Waals surface area (Å²) in [5.41, 5.74) is 4.74. The van der Waals surface area contributed by atoms with Crippen LogP contribution < -0.4 is 10.0 Å². The molecule has 12 heteroatoms. The van der Waals surface area contributed by atoms with Gasteiger partial charge in [0.25, 0.3) is 5.91 Å². The third kappa shape index (κ3) is 5.23. The molecule has 240 valence electrons. The van der Waals surface area contributed by atoms with Gasteiger partial charge in [0.1, 0.15) is 23.0 Å². The highest BCUT2D eigenvalue weighted by Gasteiger charge is 2.30. The number of carbonyl (C=O) groups excluding carboxylic acids is 1. The number of furan rings is 1. The molecule has 0 saturated carbocycles. The average Bonchev–Trinajstić information content (AvgIpc) is 3.64. The largest absolute Gasteiger partial charge is 0.455 e. The van der Waals surface area contributed by atoms with Crippen LogP contribution in [0.2, 0.25) is 0 Å². The van der Waals surface area contributed by atoms with E-state index in [4.69, 9.17) is 9.40 Å². The van der Waals surface area contributed by atoms with E-state index >= 15 is 0 Å². The molecular weight excluding hydrogens is 626 g/mol. The average molecular weight is 657 g/mol. The number of carbonyl (C=O) groups is 1. The van der Waals surface area contributed by atoms with Crippen molar-refractivity contribution in [1.82, 2.24) is 14.9 Å². The van der Waals surface area contributed by atoms with Crippen LogP contribution in [-0.2, 0) is 16.4 Å². The molecular formula is C35H30F2N4O5S. The number of aliphatic hydroxyl groups excluding tert-OH is 1. The van der Waals surface area contributed by atoms with E-state index in [0.29, 0.717) is 57.3 Å². The van der Waals surface area contributed by atoms with Crippen molar-refractivity contribution in [3.8, 4) is 34.0 Å². The van der Waals surface area contributed by atoms with Crippen LogP contribution in [-0.4, -0.2) is 48.4 Å². The van der Waals surface area contributed by atoms with Crippen molar-refractivity contribution in [3.05, 3.63) is 95.6 Å². The van der Waals surface area contributed by atoms with Crippen molar-refractivity contribution < 1.29 is 31.5 Å². The second-order valence-electron chi connectivity index (χ2n) is 11.4. The highest BCUT2D eigenvalue weighted by atomic mass is 32.2. The van der Waals surface area contributed by atoms with Gasteiger partial charge in [-0.3, -0.25) is 9.52 Å². The molecule has 3 N–H and O–H groups in total. The Hall–Kier alpha value is -5.07. The van der Waals surface area contributed by atoms with Gasteiger partial charge in [0, 0.05) is 47.7 Å². The molecule has 3 aromatic carbocycles. The van der Waals surface area contributed by atoms with Gasteiger partial charge >= 0.3 is 0 Å². The van der Waals surface area contributed by atoms with E-state index in [-0.39, 0.29) is 46.8 Å². The zero-order valence-corrected chi connectivity index (χ0v) is 26.3. The van der Waals surface area contributed by atoms with Gasteiger partial charge in [-0.25, -0.2) is 22.2 Å². The summed E-state index contributed by atoms with van der Waals surface area (Å²) in [4.78, 5) is 18.3. The summed E-state index contributed by atoms with van der Waals surface area (Å²) < 4.78 is 65.3. The molecule has 47 heavy (non-hydrogen) atoms. The third-order valence-corrected chi connectivity index (χ3v) is 9.94. The van der Waals surface area contributed by atoms with E-state index in [0.717, 1.165) is 5.56 Å². The minimum absolute atomic E-state index is 0.0425. The van der Waals surface area contributed by atoms with Crippen LogP contribution in [0.25, 0.3) is 55.8 Å². The second-order valence-corrected chi connectivity index (χ2v) is 13.4. The van der Waals surface area contributed by atoms with Crippen LogP contribution in [0.3, 0.4) is 0 Å². The molecule has 9 nitrogen and oxygen atoms in total. The monoisotopic (exact) mass is 656 g/mol. The number of amides is 1. The number of aliphatic hydroxyl groups is 1. The highest BCUT2D eigenvalue weighted by Crippen LogP contribution is 2.44. The lowest BCUT2D eigenvalue weighted by molar-refractivity contribution is 0.0964. The van der Waals surface area contributed by atoms with Crippen LogP contribution >= 0.6 is 0 Å². The number of aromatic nitrogens is 2. The highest BCUT2D eigenvalue weighted by molar-refractivity contribution is 7.92. The summed E-state index contributed by atoms with van der Waals surface area (Å²) in [6, 6.07) is 18.9. The maximum atomic E-state index is 15.0. The number of sulfonamides is 1. The van der Waals surface area contributed by atoms with E-state index in [1.807, 2.05) is 16.7 Å². The maximum absolute atomic E-state index is 15.0. The molecule has 4 heterocycles. The quantitative estimate of drug-likeness (QED) is 0.168. The van der Waals surface area contributed by atoms with Crippen LogP contribution in [0.1, 0.15) is 35.3 Å². The summed E-state index contributed by atoms with van der Waals surface area (Å²) in [6.45, 7) is 1.47. The van der Waals surface area contributed by atoms with Crippen LogP contribution in [0.5, 0.6) is 0 Å². The van der Waals surface area contributed by atoms with Crippen molar-refractivity contribution in [3.63, 3.8) is 0 Å². The fourth-order valence-corrected chi connectivity index (χ4v) is 7.02. The SMILES string of the molecule is CCS(=O)(=O)Nc1cc2oc(-c3ccc(F)cc3)c(C(=O)NC)c2cc1-c1ccc2c(n1)-c1cc3c(F)cccc3n1C(CCO)C2. The van der Waals surface area contributed by atoms with Gasteiger partial charge in [-0.2, -0.15) is 0 Å². The van der Waals surface area contributed by atoms with Gasteiger partial charge in [0.15, 0.2) is 0 Å². The van der Waals surface area contributed by atoms with Crippen molar-refractivity contribution in [2.45, 2.75) is 25.8 Å². The first-order valence-corrected chi connectivity index (χ1v) is 16.8. The van der Waals surface area contributed by atoms with E-state index < -0.39 is 21.7 Å². The summed E-state index contributed by atoms with van der Waals surface area (Å²) in [7, 11) is -2.28. The number of anilines is 1. The zero-order valence-electron chi connectivity index (χ0n) is 25.5. The lowest BCUT2D eigenvalue weighted by Crippen LogP contribution is -2.20. The number of nitrogens with zero attached hydrogens (tertiary/aromatic N) is 2. The van der Waals surface area contributed by atoms with Crippen molar-refractivity contribution in [1.29, 1.82) is 0 Å². The Morgan fingerprint density at radius 2 is 1.85 bits per heavy atom. The number of hydrogen-bond donors (Lipinski definition) is 3. The second kappa shape index (κ2) is 11.6. The topological polar surface area (TPSA) is 126 Å². The van der Waals surface area contributed by atoms with Crippen molar-refractivity contribution in [2.24, 2.45) is 0 Å². The molecule has 1 atom stereocenters. The van der Waals surface area contributed by atoms with Crippen molar-refractivity contribution >= 4 is 43.5 Å². The Bertz CT molecular complexity index is 2310. The molecule has 3 aromatic heterocycles. The minimum Gasteiger partial charge on any atom is -0.455 e. The minimum atomic E-state index is -3.76. The molecule has 0 aliphatic carbocycles. The Labute approximate surface area is 268 Å². The number of benzene rings is 3. The first-order chi connectivity index (χ1) is 22.6. The predicted octanol–water partition coefficient (Wildman–Crippen LogP) is 6.66. The van der Waals surface area contributed by atoms with Gasteiger partial charge in [-0.05, 0) is 79.9 Å². The fourth-order valence-electron chi connectivity index (χ4n) is 6.37. The first kappa shape index (κ1) is 30.6. The number of nitrogens with one attached hydrogen (secondary N) is 2. The standard InChI is InChI=1S/C35H30F2N4O5S/c1-3-47(44,45)40-28-18-31-25(32(35(43)38-2)34(46-31)19-7-10-21(36)11-8-19)16-24(28)27-12-9-20-15-22(13-14-42)41-29-6-4-5-26(37)23(29)17-30(41)33(20)39-27/h4-12,16-18,22,40,42H,3,13-15H2,1-2H3,(H,38,43). The molecule has 1 amide bonds. The van der Waals surface area contributed by atoms with Gasteiger partial charge in [0.2, 0.25) is 10.0 Å². The van der Waals surface area contributed by atoms with Gasteiger partial charge in [-0.15, -0.1) is 0 Å². The predicted molar refractivity (Wildman–Crippen MR) is 177 cm³/mol. The Morgan fingerprint density at radius 3 is 2.57 bits per heavy atom. The number of halogens is 2. The van der Waals surface area contributed by atoms with E-state index in [1.165, 1.54) is 50.4 Å². The van der Waals surface area contributed by atoms with E-state index in [1.54, 1.807) is 24.3 Å². The molecule has 7 rings (SSSR count). The number of hydrogen-bond acceptors (Lipinski definition) is 6. The molecule has 0 spiro atoms. The molecule has 1 aliphatic heterocycles. The Balaban J connectivity index is 1.47. The normalized spacial score (nSPS) is 14.3. The molecule has 1 unspecified atom stereocenters. The van der Waals surface area contributed by atoms with Crippen LogP contribution in [0, 0.1) is 11.6 Å². The Morgan fingerprint density at radius 1 is 1.06 bits per heavy atom. The van der Waals surface area contributed by atoms with Crippen LogP contribution in [0.15, 0.2) is 77.2 Å². The fraction of sp³-hybridized carbons (Fsp3) is 0.200. The van der Waals surface area contributed by atoms with Crippen LogP contribution in [0.4, 0.5) is 14.5 Å². The molecule has 1 aliphatic rings. The molecule has 0 fully saturated rings. The summed E-state index contributed by atoms with van der Waals surface area (Å²) in [5, 5.41) is 13.3. The Kier molecular flexibility index (Phi) is 7.56. The molecule has 6 aromatic rings. The maximum Gasteiger partial charge on any atom is 0.255 e. The summed E-state index contributed by atoms with van der Waals surface area (Å²) in [5.74, 6) is -1.27. The van der Waals surface area contributed by atoms with E-state index in [2.05, 4.69) is 10.0 Å². The molecule has 0 bridgehead atoms. The lowest BCUT2D eigenvalue weighted by Gasteiger charge is -2.28. The number of rotatable bonds is 8. The lowest BCUT2D eigenvalue weighted by atomic mass is 9.94. The smallest absolute Gasteiger partial charge is 0.255 e. The zero-order chi connectivity index (χ0) is 33.0. The molecule has 0 radical (unpaired) electrons. The summed E-state index contributed by atoms with van der Waals surface area (Å²) >= 11 is 0. The third-order valence-electron chi connectivity index (χ3n) is 8.64. The van der Waals surface area contributed by atoms with Gasteiger partial charge in [-0.1, -0.05) is 12.1 Å². The van der Waals surface area contributed by atoms with Gasteiger partial charge in [0.05, 0.1) is 39.6 Å². The van der Waals surface area contributed by atoms with Crippen molar-refractivity contribution in [2.75, 3.05) is 24.1 Å². The summed E-state index contributed by atoms with van der Waals surface area (Å²) in [6.07, 6.45) is 1.02. The number of pyridine rings is 1. The number of fused-ring (bicyclic) bond motifs is 6. The first-order valence-electron chi connectivity index (χ1n) is 15.1. The van der Waals surface area contributed by atoms with E-state index in [9.17, 15) is 27.1 Å². The molecule has 0 saturated heterocycles. The van der Waals surface area contributed by atoms with Gasteiger partial charge < -0.3 is 19.4 Å².